The van der Waals surface area contributed by atoms with E-state index in [1.54, 1.807) is 18.2 Å². The van der Waals surface area contributed by atoms with E-state index in [1.807, 2.05) is 48.5 Å². The summed E-state index contributed by atoms with van der Waals surface area (Å²) in [5.41, 5.74) is 4.76. The van der Waals surface area contributed by atoms with Crippen molar-refractivity contribution in [2.75, 3.05) is 0 Å². The van der Waals surface area contributed by atoms with Crippen LogP contribution in [0, 0.1) is 5.82 Å². The third kappa shape index (κ3) is 3.05. The molecule has 0 saturated carbocycles. The van der Waals surface area contributed by atoms with Gasteiger partial charge in [0.1, 0.15) is 17.9 Å². The summed E-state index contributed by atoms with van der Waals surface area (Å²) in [6.45, 7) is 0. The van der Waals surface area contributed by atoms with Gasteiger partial charge in [-0.2, -0.15) is 0 Å². The number of benzene rings is 3. The van der Waals surface area contributed by atoms with Crippen LogP contribution < -0.4 is 0 Å². The van der Waals surface area contributed by atoms with Gasteiger partial charge in [-0.3, -0.25) is 4.79 Å². The van der Waals surface area contributed by atoms with Crippen LogP contribution >= 0.6 is 0 Å². The van der Waals surface area contributed by atoms with E-state index in [0.29, 0.717) is 17.0 Å². The summed E-state index contributed by atoms with van der Waals surface area (Å²) in [6, 6.07) is 23.4. The lowest BCUT2D eigenvalue weighted by Gasteiger charge is -2.03. The molecule has 0 aliphatic heterocycles. The van der Waals surface area contributed by atoms with Gasteiger partial charge < -0.3 is 4.98 Å². The second kappa shape index (κ2) is 6.76. The van der Waals surface area contributed by atoms with Crippen molar-refractivity contribution >= 4 is 6.29 Å². The second-order valence-electron chi connectivity index (χ2n) is 5.93. The summed E-state index contributed by atoms with van der Waals surface area (Å²) < 4.78 is 13.6. The van der Waals surface area contributed by atoms with Crippen molar-refractivity contribution in [2.24, 2.45) is 0 Å². The van der Waals surface area contributed by atoms with Crippen LogP contribution in [0.5, 0.6) is 0 Å². The molecule has 26 heavy (non-hydrogen) atoms. The Balaban J connectivity index is 1.89. The number of nitrogens with zero attached hydrogens (tertiary/aromatic N) is 1. The van der Waals surface area contributed by atoms with Crippen LogP contribution in [0.1, 0.15) is 10.4 Å². The van der Waals surface area contributed by atoms with Crippen LogP contribution in [-0.4, -0.2) is 16.3 Å². The van der Waals surface area contributed by atoms with E-state index in [0.717, 1.165) is 28.8 Å². The van der Waals surface area contributed by atoms with Crippen molar-refractivity contribution in [3.8, 4) is 33.9 Å². The molecule has 0 bridgehead atoms. The van der Waals surface area contributed by atoms with E-state index >= 15 is 0 Å². The maximum absolute atomic E-state index is 13.6. The largest absolute Gasteiger partial charge is 0.337 e. The van der Waals surface area contributed by atoms with Crippen LogP contribution in [0.4, 0.5) is 4.39 Å². The number of carbonyl (C=O) groups excluding carboxylic acids is 1. The van der Waals surface area contributed by atoms with Crippen LogP contribution in [0.2, 0.25) is 0 Å². The Morgan fingerprint density at radius 1 is 0.808 bits per heavy atom. The molecule has 0 saturated heterocycles. The molecule has 3 aromatic carbocycles. The van der Waals surface area contributed by atoms with Gasteiger partial charge in [-0.25, -0.2) is 9.37 Å². The molecule has 3 nitrogen and oxygen atoms in total. The van der Waals surface area contributed by atoms with Crippen molar-refractivity contribution in [1.29, 1.82) is 0 Å². The number of halogens is 1. The van der Waals surface area contributed by atoms with Crippen LogP contribution in [-0.2, 0) is 0 Å². The highest BCUT2D eigenvalue weighted by Crippen LogP contribution is 2.33. The molecular weight excluding hydrogens is 327 g/mol. The molecule has 0 aliphatic carbocycles. The van der Waals surface area contributed by atoms with Crippen molar-refractivity contribution in [1.82, 2.24) is 9.97 Å². The zero-order chi connectivity index (χ0) is 17.9. The molecule has 0 radical (unpaired) electrons. The van der Waals surface area contributed by atoms with Crippen LogP contribution in [0.15, 0.2) is 78.9 Å². The van der Waals surface area contributed by atoms with E-state index in [1.165, 1.54) is 12.1 Å². The third-order valence-electron chi connectivity index (χ3n) is 4.18. The highest BCUT2D eigenvalue weighted by Gasteiger charge is 2.15. The molecule has 126 valence electrons. The Labute approximate surface area is 150 Å². The Kier molecular flexibility index (Phi) is 4.15. The minimum Gasteiger partial charge on any atom is -0.337 e. The van der Waals surface area contributed by atoms with Gasteiger partial charge in [-0.15, -0.1) is 0 Å². The van der Waals surface area contributed by atoms with Gasteiger partial charge in [-0.1, -0.05) is 66.7 Å². The third-order valence-corrected chi connectivity index (χ3v) is 4.18. The first kappa shape index (κ1) is 16.0. The zero-order valence-corrected chi connectivity index (χ0v) is 13.8. The van der Waals surface area contributed by atoms with Gasteiger partial charge in [0.25, 0.3) is 0 Å². The molecule has 0 aliphatic rings. The smallest absolute Gasteiger partial charge is 0.150 e. The molecule has 0 amide bonds. The fourth-order valence-corrected chi connectivity index (χ4v) is 2.89. The highest BCUT2D eigenvalue weighted by molar-refractivity contribution is 5.83. The number of hydrogen-bond donors (Lipinski definition) is 1. The van der Waals surface area contributed by atoms with Crippen LogP contribution in [0.25, 0.3) is 33.9 Å². The van der Waals surface area contributed by atoms with Crippen molar-refractivity contribution < 1.29 is 9.18 Å². The lowest BCUT2D eigenvalue weighted by Crippen LogP contribution is -1.85. The molecular formula is C22H15FN2O. The minimum absolute atomic E-state index is 0.308. The molecule has 0 fully saturated rings. The number of rotatable bonds is 4. The Bertz CT molecular complexity index is 1050. The van der Waals surface area contributed by atoms with E-state index in [4.69, 9.17) is 4.98 Å². The number of aromatic amines is 1. The van der Waals surface area contributed by atoms with Gasteiger partial charge in [0.2, 0.25) is 0 Å². The molecule has 1 heterocycles. The number of H-pyrrole nitrogens is 1. The molecule has 0 unspecified atom stereocenters. The molecule has 4 rings (SSSR count). The molecule has 4 heteroatoms. The Morgan fingerprint density at radius 2 is 1.54 bits per heavy atom. The van der Waals surface area contributed by atoms with Crippen molar-refractivity contribution in [3.05, 3.63) is 90.2 Å². The van der Waals surface area contributed by atoms with Gasteiger partial charge in [-0.05, 0) is 12.1 Å². The van der Waals surface area contributed by atoms with Gasteiger partial charge in [0, 0.05) is 22.3 Å². The zero-order valence-electron chi connectivity index (χ0n) is 13.8. The van der Waals surface area contributed by atoms with E-state index < -0.39 is 0 Å². The molecule has 1 aromatic heterocycles. The topological polar surface area (TPSA) is 45.8 Å². The first-order valence-corrected chi connectivity index (χ1v) is 8.21. The maximum Gasteiger partial charge on any atom is 0.150 e. The van der Waals surface area contributed by atoms with Gasteiger partial charge >= 0.3 is 0 Å². The van der Waals surface area contributed by atoms with Gasteiger partial charge in [0.15, 0.2) is 0 Å². The SMILES string of the molecule is O=Cc1ccc(-c2nc(-c3cccc(F)c3)[nH]c2-c2ccccc2)cc1. The van der Waals surface area contributed by atoms with E-state index in [9.17, 15) is 9.18 Å². The number of hydrogen-bond acceptors (Lipinski definition) is 2. The quantitative estimate of drug-likeness (QED) is 0.507. The standard InChI is InChI=1S/C22H15FN2O/c23-19-8-4-7-18(13-19)22-24-20(16-5-2-1-3-6-16)21(25-22)17-11-9-15(14-26)10-12-17/h1-14H,(H,24,25). The Morgan fingerprint density at radius 3 is 2.23 bits per heavy atom. The molecule has 4 aromatic rings. The Hall–Kier alpha value is -3.53. The predicted molar refractivity (Wildman–Crippen MR) is 100 cm³/mol. The van der Waals surface area contributed by atoms with E-state index in [2.05, 4.69) is 4.98 Å². The average Bonchev–Trinajstić information content (AvgIpc) is 3.14. The summed E-state index contributed by atoms with van der Waals surface area (Å²) in [6.07, 6.45) is 0.810. The molecule has 0 atom stereocenters. The van der Waals surface area contributed by atoms with Gasteiger partial charge in [0.05, 0.1) is 11.4 Å². The summed E-state index contributed by atoms with van der Waals surface area (Å²) in [5.74, 6) is 0.287. The molecule has 1 N–H and O–H groups in total. The number of imidazole rings is 1. The maximum atomic E-state index is 13.6. The van der Waals surface area contributed by atoms with Crippen molar-refractivity contribution in [2.45, 2.75) is 0 Å². The minimum atomic E-state index is -0.308. The monoisotopic (exact) mass is 342 g/mol. The van der Waals surface area contributed by atoms with E-state index in [-0.39, 0.29) is 5.82 Å². The lowest BCUT2D eigenvalue weighted by atomic mass is 10.0. The summed E-state index contributed by atoms with van der Waals surface area (Å²) in [4.78, 5) is 18.9. The molecule has 0 spiro atoms. The summed E-state index contributed by atoms with van der Waals surface area (Å²) in [7, 11) is 0. The number of nitrogens with one attached hydrogen (secondary N) is 1. The van der Waals surface area contributed by atoms with Crippen LogP contribution in [0.3, 0.4) is 0 Å². The number of aromatic nitrogens is 2. The number of aldehydes is 1. The summed E-state index contributed by atoms with van der Waals surface area (Å²) >= 11 is 0. The highest BCUT2D eigenvalue weighted by atomic mass is 19.1. The predicted octanol–water partition coefficient (Wildman–Crippen LogP) is 5.36. The lowest BCUT2D eigenvalue weighted by molar-refractivity contribution is 0.112. The second-order valence-corrected chi connectivity index (χ2v) is 5.93. The fourth-order valence-electron chi connectivity index (χ4n) is 2.89. The fraction of sp³-hybridized carbons (Fsp3) is 0. The van der Waals surface area contributed by atoms with Crippen molar-refractivity contribution in [3.63, 3.8) is 0 Å². The first-order valence-electron chi connectivity index (χ1n) is 8.21. The first-order chi connectivity index (χ1) is 12.7. The summed E-state index contributed by atoms with van der Waals surface area (Å²) in [5, 5.41) is 0. The normalized spacial score (nSPS) is 10.7. The number of carbonyl (C=O) groups is 1. The average molecular weight is 342 g/mol.